The van der Waals surface area contributed by atoms with Crippen LogP contribution in [0.3, 0.4) is 0 Å². The fourth-order valence-corrected chi connectivity index (χ4v) is 3.61. The van der Waals surface area contributed by atoms with Gasteiger partial charge in [-0.25, -0.2) is 0 Å². The fourth-order valence-electron chi connectivity index (χ4n) is 3.61. The van der Waals surface area contributed by atoms with E-state index in [0.717, 1.165) is 39.6 Å². The summed E-state index contributed by atoms with van der Waals surface area (Å²) in [4.78, 5) is 11.6. The van der Waals surface area contributed by atoms with E-state index in [-0.39, 0.29) is 0 Å². The van der Waals surface area contributed by atoms with Crippen LogP contribution in [0.25, 0.3) is 29.1 Å². The molecule has 144 valence electrons. The molecule has 0 amide bonds. The molecule has 0 bridgehead atoms. The highest BCUT2D eigenvalue weighted by Gasteiger charge is 2.14. The molecule has 1 aliphatic heterocycles. The molecule has 30 heavy (non-hydrogen) atoms. The average molecular weight is 387 g/mol. The molecule has 2 aromatic heterocycles. The van der Waals surface area contributed by atoms with Gasteiger partial charge in [0.15, 0.2) is 0 Å². The SMILES string of the molecule is C1=C/C(=C(\c2ccccc2)c2ccc(-c3ccc(/C=C/c4ccccc4)[nH]3)[nH]2)N=C1. The zero-order valence-corrected chi connectivity index (χ0v) is 16.4. The third-order valence-corrected chi connectivity index (χ3v) is 5.08. The van der Waals surface area contributed by atoms with Crippen molar-refractivity contribution in [2.45, 2.75) is 0 Å². The van der Waals surface area contributed by atoms with Crippen molar-refractivity contribution < 1.29 is 0 Å². The molecule has 5 rings (SSSR count). The molecule has 0 atom stereocenters. The van der Waals surface area contributed by atoms with Crippen molar-refractivity contribution in [1.82, 2.24) is 9.97 Å². The zero-order valence-electron chi connectivity index (χ0n) is 16.4. The van der Waals surface area contributed by atoms with E-state index >= 15 is 0 Å². The largest absolute Gasteiger partial charge is 0.354 e. The first-order chi connectivity index (χ1) is 14.9. The van der Waals surface area contributed by atoms with Crippen molar-refractivity contribution in [2.75, 3.05) is 0 Å². The Kier molecular flexibility index (Phi) is 4.84. The van der Waals surface area contributed by atoms with Gasteiger partial charge in [0.25, 0.3) is 0 Å². The van der Waals surface area contributed by atoms with Gasteiger partial charge in [-0.1, -0.05) is 66.7 Å². The van der Waals surface area contributed by atoms with Gasteiger partial charge in [-0.2, -0.15) is 0 Å². The van der Waals surface area contributed by atoms with E-state index < -0.39 is 0 Å². The smallest absolute Gasteiger partial charge is 0.0729 e. The Morgan fingerprint density at radius 2 is 1.43 bits per heavy atom. The number of H-pyrrole nitrogens is 2. The van der Waals surface area contributed by atoms with Crippen LogP contribution in [0, 0.1) is 0 Å². The van der Waals surface area contributed by atoms with Crippen LogP contribution < -0.4 is 0 Å². The van der Waals surface area contributed by atoms with Crippen molar-refractivity contribution in [3.8, 4) is 11.4 Å². The third kappa shape index (κ3) is 3.74. The van der Waals surface area contributed by atoms with E-state index in [9.17, 15) is 0 Å². The van der Waals surface area contributed by atoms with Gasteiger partial charge in [0.1, 0.15) is 0 Å². The lowest BCUT2D eigenvalue weighted by molar-refractivity contribution is 1.28. The highest BCUT2D eigenvalue weighted by atomic mass is 14.8. The van der Waals surface area contributed by atoms with Crippen LogP contribution in [0.5, 0.6) is 0 Å². The second kappa shape index (κ2) is 8.10. The second-order valence-corrected chi connectivity index (χ2v) is 7.12. The van der Waals surface area contributed by atoms with Gasteiger partial charge in [0.2, 0.25) is 0 Å². The fraction of sp³-hybridized carbons (Fsp3) is 0. The van der Waals surface area contributed by atoms with Crippen LogP contribution in [0.15, 0.2) is 108 Å². The van der Waals surface area contributed by atoms with Crippen LogP contribution in [0.4, 0.5) is 0 Å². The van der Waals surface area contributed by atoms with Crippen LogP contribution in [-0.4, -0.2) is 16.2 Å². The molecule has 3 heterocycles. The van der Waals surface area contributed by atoms with Gasteiger partial charge < -0.3 is 9.97 Å². The normalized spacial score (nSPS) is 14.7. The van der Waals surface area contributed by atoms with Gasteiger partial charge in [0, 0.05) is 23.2 Å². The van der Waals surface area contributed by atoms with Crippen molar-refractivity contribution in [1.29, 1.82) is 0 Å². The molecular formula is C27H21N3. The molecule has 3 nitrogen and oxygen atoms in total. The Bertz CT molecular complexity index is 1250. The first kappa shape index (κ1) is 18.0. The van der Waals surface area contributed by atoms with E-state index in [1.165, 1.54) is 5.56 Å². The first-order valence-corrected chi connectivity index (χ1v) is 9.99. The monoisotopic (exact) mass is 387 g/mol. The van der Waals surface area contributed by atoms with Gasteiger partial charge in [-0.15, -0.1) is 0 Å². The summed E-state index contributed by atoms with van der Waals surface area (Å²) in [7, 11) is 0. The molecule has 2 N–H and O–H groups in total. The predicted octanol–water partition coefficient (Wildman–Crippen LogP) is 6.58. The van der Waals surface area contributed by atoms with Crippen LogP contribution >= 0.6 is 0 Å². The Morgan fingerprint density at radius 3 is 2.20 bits per heavy atom. The van der Waals surface area contributed by atoms with Crippen molar-refractivity contribution >= 4 is 23.9 Å². The Balaban J connectivity index is 1.45. The number of rotatable bonds is 5. The molecule has 4 aromatic rings. The summed E-state index contributed by atoms with van der Waals surface area (Å²) in [6.45, 7) is 0. The van der Waals surface area contributed by atoms with Gasteiger partial charge in [-0.3, -0.25) is 4.99 Å². The lowest BCUT2D eigenvalue weighted by atomic mass is 10.0. The van der Waals surface area contributed by atoms with Gasteiger partial charge >= 0.3 is 0 Å². The zero-order chi connectivity index (χ0) is 20.2. The second-order valence-electron chi connectivity index (χ2n) is 7.12. The maximum Gasteiger partial charge on any atom is 0.0729 e. The maximum atomic E-state index is 4.53. The molecule has 0 saturated carbocycles. The summed E-state index contributed by atoms with van der Waals surface area (Å²) in [6.07, 6.45) is 10.1. The minimum atomic E-state index is 0.965. The van der Waals surface area contributed by atoms with E-state index in [1.54, 1.807) is 0 Å². The molecule has 0 fully saturated rings. The molecule has 0 unspecified atom stereocenters. The lowest BCUT2D eigenvalue weighted by Crippen LogP contribution is -1.92. The minimum Gasteiger partial charge on any atom is -0.354 e. The summed E-state index contributed by atoms with van der Waals surface area (Å²) >= 11 is 0. The number of aliphatic imine (C=N–C) groups is 1. The van der Waals surface area contributed by atoms with Crippen LogP contribution in [0.1, 0.15) is 22.5 Å². The number of benzene rings is 2. The van der Waals surface area contributed by atoms with E-state index in [2.05, 4.69) is 87.8 Å². The standard InChI is InChI=1S/C27H21N3/c1-3-8-20(9-4-1)13-14-22-15-16-23(29-22)24-17-18-26(30-24)27(25-12-7-19-28-25)21-10-5-2-6-11-21/h1-19,29-30H/b14-13+,27-25-. The Morgan fingerprint density at radius 1 is 0.700 bits per heavy atom. The van der Waals surface area contributed by atoms with Crippen molar-refractivity contribution in [3.63, 3.8) is 0 Å². The number of aromatic amines is 2. The third-order valence-electron chi connectivity index (χ3n) is 5.08. The average Bonchev–Trinajstić information content (AvgIpc) is 3.56. The number of hydrogen-bond acceptors (Lipinski definition) is 1. The molecule has 3 heteroatoms. The van der Waals surface area contributed by atoms with Crippen molar-refractivity contribution in [3.05, 3.63) is 125 Å². The number of allylic oxidation sites excluding steroid dienone is 2. The van der Waals surface area contributed by atoms with Gasteiger partial charge in [-0.05, 0) is 53.6 Å². The minimum absolute atomic E-state index is 0.965. The number of nitrogens with zero attached hydrogens (tertiary/aromatic N) is 1. The Hall–Kier alpha value is -4.11. The molecule has 1 aliphatic rings. The Labute approximate surface area is 175 Å². The van der Waals surface area contributed by atoms with E-state index in [4.69, 9.17) is 0 Å². The summed E-state index contributed by atoms with van der Waals surface area (Å²) in [5, 5.41) is 0. The molecule has 0 aliphatic carbocycles. The lowest BCUT2D eigenvalue weighted by Gasteiger charge is -2.08. The maximum absolute atomic E-state index is 4.53. The molecule has 0 radical (unpaired) electrons. The van der Waals surface area contributed by atoms with E-state index in [0.29, 0.717) is 0 Å². The van der Waals surface area contributed by atoms with Crippen LogP contribution in [-0.2, 0) is 0 Å². The first-order valence-electron chi connectivity index (χ1n) is 9.99. The summed E-state index contributed by atoms with van der Waals surface area (Å²) < 4.78 is 0. The summed E-state index contributed by atoms with van der Waals surface area (Å²) in [5.74, 6) is 0. The highest BCUT2D eigenvalue weighted by Crippen LogP contribution is 2.31. The number of nitrogens with one attached hydrogen (secondary N) is 2. The number of hydrogen-bond donors (Lipinski definition) is 2. The molecule has 2 aromatic carbocycles. The summed E-state index contributed by atoms with van der Waals surface area (Å²) in [5.41, 5.74) is 8.60. The van der Waals surface area contributed by atoms with E-state index in [1.807, 2.05) is 42.6 Å². The summed E-state index contributed by atoms with van der Waals surface area (Å²) in [6, 6.07) is 29.1. The van der Waals surface area contributed by atoms with Gasteiger partial charge in [0.05, 0.1) is 17.1 Å². The quantitative estimate of drug-likeness (QED) is 0.388. The predicted molar refractivity (Wildman–Crippen MR) is 126 cm³/mol. The number of aromatic nitrogens is 2. The highest BCUT2D eigenvalue weighted by molar-refractivity contribution is 5.88. The van der Waals surface area contributed by atoms with Crippen LogP contribution in [0.2, 0.25) is 0 Å². The topological polar surface area (TPSA) is 43.9 Å². The molecule has 0 spiro atoms. The van der Waals surface area contributed by atoms with Crippen molar-refractivity contribution in [2.24, 2.45) is 4.99 Å². The molecule has 0 saturated heterocycles. The molecular weight excluding hydrogens is 366 g/mol.